The Balaban J connectivity index is 2.96. The molecular formula is C10H14ClNO. The minimum Gasteiger partial charge on any atom is -0.396 e. The van der Waals surface area contributed by atoms with Crippen molar-refractivity contribution in [3.8, 4) is 0 Å². The molecular weight excluding hydrogens is 186 g/mol. The normalized spacial score (nSPS) is 32.3. The van der Waals surface area contributed by atoms with Gasteiger partial charge in [0.05, 0.1) is 5.54 Å². The fraction of sp³-hybridized carbons (Fsp3) is 0.500. The first-order valence-corrected chi connectivity index (χ1v) is 4.63. The molecule has 1 heterocycles. The van der Waals surface area contributed by atoms with Crippen molar-refractivity contribution in [1.82, 2.24) is 0 Å². The van der Waals surface area contributed by atoms with Gasteiger partial charge in [-0.3, -0.25) is 4.99 Å². The third-order valence-electron chi connectivity index (χ3n) is 2.62. The number of nitrogens with zero attached hydrogens (tertiary/aromatic N) is 1. The Morgan fingerprint density at radius 2 is 2.38 bits per heavy atom. The zero-order valence-electron chi connectivity index (χ0n) is 7.92. The second kappa shape index (κ2) is 3.64. The molecule has 1 N–H and O–H groups in total. The van der Waals surface area contributed by atoms with Gasteiger partial charge in [-0.1, -0.05) is 37.3 Å². The standard InChI is InChI=1S/C10H14ClNO/c1-4-5-8-9(11)12-10(8,3)7(2)6-13/h4-5,7,13H,1,6H2,2-3H3/b8-5-/t7-,10?/m1/s1. The molecule has 13 heavy (non-hydrogen) atoms. The Kier molecular flexibility index (Phi) is 2.94. The van der Waals surface area contributed by atoms with Crippen molar-refractivity contribution in [2.75, 3.05) is 6.61 Å². The van der Waals surface area contributed by atoms with Gasteiger partial charge >= 0.3 is 0 Å². The number of halogens is 1. The molecule has 0 aromatic rings. The molecule has 0 amide bonds. The van der Waals surface area contributed by atoms with Crippen LogP contribution in [0.4, 0.5) is 0 Å². The van der Waals surface area contributed by atoms with Gasteiger partial charge in [0.2, 0.25) is 0 Å². The van der Waals surface area contributed by atoms with Crippen LogP contribution < -0.4 is 0 Å². The first kappa shape index (κ1) is 10.5. The number of allylic oxidation sites excluding steroid dienone is 2. The van der Waals surface area contributed by atoms with Crippen LogP contribution in [0.15, 0.2) is 29.3 Å². The van der Waals surface area contributed by atoms with E-state index < -0.39 is 0 Å². The summed E-state index contributed by atoms with van der Waals surface area (Å²) in [5.41, 5.74) is 0.630. The molecule has 2 nitrogen and oxygen atoms in total. The molecule has 0 saturated heterocycles. The van der Waals surface area contributed by atoms with Crippen molar-refractivity contribution in [3.63, 3.8) is 0 Å². The van der Waals surface area contributed by atoms with Crippen molar-refractivity contribution in [2.45, 2.75) is 19.4 Å². The highest BCUT2D eigenvalue weighted by atomic mass is 35.5. The lowest BCUT2D eigenvalue weighted by Crippen LogP contribution is -2.44. The van der Waals surface area contributed by atoms with E-state index in [2.05, 4.69) is 11.6 Å². The molecule has 1 aliphatic rings. The molecule has 1 aliphatic heterocycles. The van der Waals surface area contributed by atoms with E-state index in [0.29, 0.717) is 5.17 Å². The van der Waals surface area contributed by atoms with Gasteiger partial charge in [-0.25, -0.2) is 0 Å². The molecule has 0 bridgehead atoms. The van der Waals surface area contributed by atoms with E-state index in [0.717, 1.165) is 5.57 Å². The average molecular weight is 200 g/mol. The first-order chi connectivity index (χ1) is 6.06. The van der Waals surface area contributed by atoms with Crippen LogP contribution in [0, 0.1) is 5.92 Å². The summed E-state index contributed by atoms with van der Waals surface area (Å²) in [6.07, 6.45) is 3.54. The van der Waals surface area contributed by atoms with Crippen molar-refractivity contribution in [3.05, 3.63) is 24.3 Å². The maximum Gasteiger partial charge on any atom is 0.130 e. The minimum absolute atomic E-state index is 0.0844. The lowest BCUT2D eigenvalue weighted by Gasteiger charge is -2.40. The highest BCUT2D eigenvalue weighted by molar-refractivity contribution is 6.71. The van der Waals surface area contributed by atoms with Crippen LogP contribution in [-0.2, 0) is 0 Å². The van der Waals surface area contributed by atoms with Gasteiger partial charge in [0, 0.05) is 18.1 Å². The number of aliphatic hydroxyl groups excluding tert-OH is 1. The summed E-state index contributed by atoms with van der Waals surface area (Å²) < 4.78 is 0. The molecule has 0 saturated carbocycles. The topological polar surface area (TPSA) is 32.6 Å². The van der Waals surface area contributed by atoms with Crippen molar-refractivity contribution in [2.24, 2.45) is 10.9 Å². The summed E-state index contributed by atoms with van der Waals surface area (Å²) in [7, 11) is 0. The van der Waals surface area contributed by atoms with Gasteiger partial charge in [0.15, 0.2) is 0 Å². The quantitative estimate of drug-likeness (QED) is 0.742. The molecule has 0 radical (unpaired) electrons. The van der Waals surface area contributed by atoms with Crippen LogP contribution in [0.1, 0.15) is 13.8 Å². The third-order valence-corrected chi connectivity index (χ3v) is 2.90. The molecule has 1 rings (SSSR count). The van der Waals surface area contributed by atoms with Crippen molar-refractivity contribution < 1.29 is 5.11 Å². The molecule has 0 spiro atoms. The van der Waals surface area contributed by atoms with Crippen molar-refractivity contribution in [1.29, 1.82) is 0 Å². The van der Waals surface area contributed by atoms with Gasteiger partial charge < -0.3 is 5.11 Å². The maximum atomic E-state index is 9.04. The fourth-order valence-electron chi connectivity index (χ4n) is 1.39. The second-order valence-electron chi connectivity index (χ2n) is 3.45. The van der Waals surface area contributed by atoms with Crippen LogP contribution in [0.25, 0.3) is 0 Å². The monoisotopic (exact) mass is 199 g/mol. The predicted molar refractivity (Wildman–Crippen MR) is 56.2 cm³/mol. The van der Waals surface area contributed by atoms with E-state index in [9.17, 15) is 0 Å². The third kappa shape index (κ3) is 1.56. The largest absolute Gasteiger partial charge is 0.396 e. The number of aliphatic imine (C=N–C) groups is 1. The average Bonchev–Trinajstić information content (AvgIpc) is 2.12. The number of hydrogen-bond acceptors (Lipinski definition) is 2. The number of aliphatic hydroxyl groups is 1. The lowest BCUT2D eigenvalue weighted by molar-refractivity contribution is 0.190. The molecule has 0 aliphatic carbocycles. The number of hydrogen-bond donors (Lipinski definition) is 1. The Hall–Kier alpha value is -0.600. The SMILES string of the molecule is C=C/C=C1/C(Cl)=NC1(C)[C@H](C)CO. The van der Waals surface area contributed by atoms with Crippen LogP contribution in [0.5, 0.6) is 0 Å². The Labute approximate surface area is 83.6 Å². The molecule has 0 fully saturated rings. The summed E-state index contributed by atoms with van der Waals surface area (Å²) in [4.78, 5) is 4.23. The van der Waals surface area contributed by atoms with Gasteiger partial charge in [-0.2, -0.15) is 0 Å². The summed E-state index contributed by atoms with van der Waals surface area (Å²) in [5, 5.41) is 9.57. The van der Waals surface area contributed by atoms with E-state index >= 15 is 0 Å². The van der Waals surface area contributed by atoms with E-state index in [-0.39, 0.29) is 18.1 Å². The molecule has 3 heteroatoms. The number of rotatable bonds is 3. The van der Waals surface area contributed by atoms with Gasteiger partial charge in [0.1, 0.15) is 5.17 Å². The summed E-state index contributed by atoms with van der Waals surface area (Å²) in [6, 6.07) is 0. The van der Waals surface area contributed by atoms with E-state index in [1.54, 1.807) is 6.08 Å². The zero-order chi connectivity index (χ0) is 10.1. The smallest absolute Gasteiger partial charge is 0.130 e. The van der Waals surface area contributed by atoms with E-state index in [1.807, 2.05) is 19.9 Å². The molecule has 1 unspecified atom stereocenters. The van der Waals surface area contributed by atoms with E-state index in [1.165, 1.54) is 0 Å². The zero-order valence-corrected chi connectivity index (χ0v) is 8.67. The van der Waals surface area contributed by atoms with Gasteiger partial charge in [-0.15, -0.1) is 0 Å². The van der Waals surface area contributed by atoms with Crippen LogP contribution in [0.3, 0.4) is 0 Å². The summed E-state index contributed by atoms with van der Waals surface area (Å²) in [5.74, 6) is 0.0844. The molecule has 72 valence electrons. The minimum atomic E-state index is -0.333. The summed E-state index contributed by atoms with van der Waals surface area (Å²) in [6.45, 7) is 7.64. The Morgan fingerprint density at radius 1 is 1.77 bits per heavy atom. The maximum absolute atomic E-state index is 9.04. The van der Waals surface area contributed by atoms with Crippen LogP contribution in [-0.4, -0.2) is 22.4 Å². The molecule has 2 atom stereocenters. The predicted octanol–water partition coefficient (Wildman–Crippen LogP) is 2.14. The highest BCUT2D eigenvalue weighted by Crippen LogP contribution is 2.40. The van der Waals surface area contributed by atoms with E-state index in [4.69, 9.17) is 16.7 Å². The second-order valence-corrected chi connectivity index (χ2v) is 3.81. The van der Waals surface area contributed by atoms with Crippen LogP contribution >= 0.6 is 11.6 Å². The molecule has 0 aromatic heterocycles. The van der Waals surface area contributed by atoms with Gasteiger partial charge in [-0.05, 0) is 6.92 Å². The van der Waals surface area contributed by atoms with Crippen molar-refractivity contribution >= 4 is 16.8 Å². The Morgan fingerprint density at radius 3 is 2.77 bits per heavy atom. The fourth-order valence-corrected chi connectivity index (χ4v) is 1.82. The highest BCUT2D eigenvalue weighted by Gasteiger charge is 2.43. The molecule has 0 aromatic carbocycles. The summed E-state index contributed by atoms with van der Waals surface area (Å²) >= 11 is 5.83. The van der Waals surface area contributed by atoms with Gasteiger partial charge in [0.25, 0.3) is 0 Å². The first-order valence-electron chi connectivity index (χ1n) is 4.26. The van der Waals surface area contributed by atoms with Crippen LogP contribution in [0.2, 0.25) is 0 Å². The Bertz CT molecular complexity index is 283. The lowest BCUT2D eigenvalue weighted by atomic mass is 9.77.